The van der Waals surface area contributed by atoms with Crippen molar-refractivity contribution < 1.29 is 24.5 Å². The van der Waals surface area contributed by atoms with Crippen molar-refractivity contribution in [3.05, 3.63) is 112 Å². The highest BCUT2D eigenvalue weighted by Gasteiger charge is 2.19. The van der Waals surface area contributed by atoms with E-state index >= 15 is 0 Å². The van der Waals surface area contributed by atoms with Crippen LogP contribution in [0, 0.1) is 18.3 Å². The molecule has 0 unspecified atom stereocenters. The Morgan fingerprint density at radius 2 is 1.82 bits per heavy atom. The molecule has 4 rings (SSSR count). The first-order chi connectivity index (χ1) is 19.4. The standard InChI is InChI=1S/C31H28ClN3O5/c1-20-25(23-9-3-2-4-10-23)11-6-12-29(20)39-19-28-26(32)14-24(16-34-27(17-36)31(37)38)30(35-28)40-18-22-8-5-7-21(13-22)15-33/h2-14,27,34,36H,16-19H2,1H3,(H,37,38)/t27-/m0/s1. The number of rotatable bonds is 12. The normalized spacial score (nSPS) is 11.4. The molecule has 8 nitrogen and oxygen atoms in total. The predicted molar refractivity (Wildman–Crippen MR) is 151 cm³/mol. The van der Waals surface area contributed by atoms with Crippen molar-refractivity contribution >= 4 is 17.6 Å². The molecule has 0 aliphatic rings. The van der Waals surface area contributed by atoms with Crippen molar-refractivity contribution in [3.63, 3.8) is 0 Å². The van der Waals surface area contributed by atoms with E-state index in [-0.39, 0.29) is 25.6 Å². The molecule has 1 heterocycles. The summed E-state index contributed by atoms with van der Waals surface area (Å²) in [5, 5.41) is 30.9. The Bertz CT molecular complexity index is 1520. The second-order valence-electron chi connectivity index (χ2n) is 9.02. The van der Waals surface area contributed by atoms with Crippen LogP contribution in [0.4, 0.5) is 0 Å². The molecule has 204 valence electrons. The lowest BCUT2D eigenvalue weighted by Crippen LogP contribution is -2.39. The molecule has 40 heavy (non-hydrogen) atoms. The Morgan fingerprint density at radius 3 is 2.55 bits per heavy atom. The lowest BCUT2D eigenvalue weighted by atomic mass is 10.00. The number of aliphatic carboxylic acids is 1. The van der Waals surface area contributed by atoms with Crippen LogP contribution in [0.15, 0.2) is 78.9 Å². The third kappa shape index (κ3) is 7.16. The number of nitrogens with one attached hydrogen (secondary N) is 1. The topological polar surface area (TPSA) is 125 Å². The smallest absolute Gasteiger partial charge is 0.323 e. The van der Waals surface area contributed by atoms with Gasteiger partial charge in [-0.1, -0.05) is 66.2 Å². The highest BCUT2D eigenvalue weighted by molar-refractivity contribution is 6.31. The monoisotopic (exact) mass is 557 g/mol. The molecule has 0 aliphatic carbocycles. The molecule has 9 heteroatoms. The molecule has 0 amide bonds. The predicted octanol–water partition coefficient (Wildman–Crippen LogP) is 5.28. The van der Waals surface area contributed by atoms with E-state index in [1.807, 2.05) is 61.5 Å². The van der Waals surface area contributed by atoms with Crippen LogP contribution >= 0.6 is 11.6 Å². The number of carboxylic acids is 1. The molecule has 3 N–H and O–H groups in total. The van der Waals surface area contributed by atoms with Crippen molar-refractivity contribution in [1.82, 2.24) is 10.3 Å². The SMILES string of the molecule is Cc1c(OCc2nc(OCc3cccc(C#N)c3)c(CN[C@@H](CO)C(=O)O)cc2Cl)cccc1-c1ccccc1. The van der Waals surface area contributed by atoms with E-state index in [2.05, 4.69) is 16.4 Å². The van der Waals surface area contributed by atoms with Gasteiger partial charge in [-0.15, -0.1) is 0 Å². The van der Waals surface area contributed by atoms with Crippen molar-refractivity contribution in [1.29, 1.82) is 5.26 Å². The maximum atomic E-state index is 11.4. The number of aromatic nitrogens is 1. The highest BCUT2D eigenvalue weighted by Crippen LogP contribution is 2.31. The Balaban J connectivity index is 1.58. The Morgan fingerprint density at radius 1 is 1.05 bits per heavy atom. The number of aliphatic hydroxyl groups excluding tert-OH is 1. The average molecular weight is 558 g/mol. The summed E-state index contributed by atoms with van der Waals surface area (Å²) in [7, 11) is 0. The summed E-state index contributed by atoms with van der Waals surface area (Å²) in [6.45, 7) is 1.64. The molecule has 4 aromatic rings. The third-order valence-electron chi connectivity index (χ3n) is 6.27. The number of carbonyl (C=O) groups is 1. The fourth-order valence-corrected chi connectivity index (χ4v) is 4.32. The van der Waals surface area contributed by atoms with Crippen LogP contribution < -0.4 is 14.8 Å². The zero-order valence-corrected chi connectivity index (χ0v) is 22.6. The number of ether oxygens (including phenoxy) is 2. The van der Waals surface area contributed by atoms with Crippen LogP contribution in [0.25, 0.3) is 11.1 Å². The number of aliphatic hydroxyl groups is 1. The minimum Gasteiger partial charge on any atom is -0.487 e. The number of hydrogen-bond acceptors (Lipinski definition) is 7. The lowest BCUT2D eigenvalue weighted by molar-refractivity contribution is -0.140. The van der Waals surface area contributed by atoms with Gasteiger partial charge >= 0.3 is 5.97 Å². The summed E-state index contributed by atoms with van der Waals surface area (Å²) < 4.78 is 12.1. The maximum absolute atomic E-state index is 11.4. The van der Waals surface area contributed by atoms with Gasteiger partial charge in [-0.25, -0.2) is 4.98 Å². The fourth-order valence-electron chi connectivity index (χ4n) is 4.09. The van der Waals surface area contributed by atoms with Gasteiger partial charge in [0, 0.05) is 12.1 Å². The van der Waals surface area contributed by atoms with Gasteiger partial charge in [0.1, 0.15) is 30.7 Å². The fraction of sp³-hybridized carbons (Fsp3) is 0.194. The van der Waals surface area contributed by atoms with E-state index in [0.717, 1.165) is 22.3 Å². The van der Waals surface area contributed by atoms with E-state index in [1.165, 1.54) is 0 Å². The molecule has 0 spiro atoms. The molecule has 0 saturated carbocycles. The van der Waals surface area contributed by atoms with Crippen LogP contribution in [0.3, 0.4) is 0 Å². The lowest BCUT2D eigenvalue weighted by Gasteiger charge is -2.17. The maximum Gasteiger partial charge on any atom is 0.323 e. The van der Waals surface area contributed by atoms with Crippen LogP contribution in [-0.2, 0) is 24.6 Å². The van der Waals surface area contributed by atoms with Crippen LogP contribution in [0.2, 0.25) is 5.02 Å². The Kier molecular flexibility index (Phi) is 9.71. The molecule has 0 bridgehead atoms. The number of hydrogen-bond donors (Lipinski definition) is 3. The minimum absolute atomic E-state index is 0.0389. The number of halogens is 1. The molecule has 0 aliphatic heterocycles. The summed E-state index contributed by atoms with van der Waals surface area (Å²) in [4.78, 5) is 16.0. The molecule has 0 saturated heterocycles. The van der Waals surface area contributed by atoms with E-state index in [0.29, 0.717) is 27.6 Å². The van der Waals surface area contributed by atoms with E-state index in [1.54, 1.807) is 24.3 Å². The number of nitriles is 1. The first-order valence-electron chi connectivity index (χ1n) is 12.5. The van der Waals surface area contributed by atoms with Gasteiger partial charge < -0.3 is 19.7 Å². The van der Waals surface area contributed by atoms with Crippen LogP contribution in [0.1, 0.15) is 27.9 Å². The average Bonchev–Trinajstić information content (AvgIpc) is 2.97. The first-order valence-corrected chi connectivity index (χ1v) is 12.9. The number of benzene rings is 3. The van der Waals surface area contributed by atoms with Crippen LogP contribution in [-0.4, -0.2) is 33.8 Å². The van der Waals surface area contributed by atoms with Gasteiger partial charge in [0.15, 0.2) is 0 Å². The molecular weight excluding hydrogens is 530 g/mol. The molecule has 0 fully saturated rings. The first kappa shape index (κ1) is 28.6. The molecule has 3 aromatic carbocycles. The van der Waals surface area contributed by atoms with E-state index in [4.69, 9.17) is 21.1 Å². The van der Waals surface area contributed by atoms with Gasteiger partial charge in [-0.2, -0.15) is 5.26 Å². The van der Waals surface area contributed by atoms with Gasteiger partial charge in [-0.3, -0.25) is 10.1 Å². The summed E-state index contributed by atoms with van der Waals surface area (Å²) in [6.07, 6.45) is 0. The van der Waals surface area contributed by atoms with Gasteiger partial charge in [0.2, 0.25) is 5.88 Å². The second-order valence-corrected chi connectivity index (χ2v) is 9.43. The summed E-state index contributed by atoms with van der Waals surface area (Å²) in [6, 6.07) is 25.5. The number of nitrogens with zero attached hydrogens (tertiary/aromatic N) is 2. The Labute approximate surface area is 237 Å². The number of pyridine rings is 1. The van der Waals surface area contributed by atoms with Crippen molar-refractivity contribution in [2.45, 2.75) is 32.7 Å². The van der Waals surface area contributed by atoms with Gasteiger partial charge in [0.05, 0.1) is 23.3 Å². The highest BCUT2D eigenvalue weighted by atomic mass is 35.5. The Hall–Kier alpha value is -4.42. The number of carboxylic acid groups (broad SMARTS) is 1. The summed E-state index contributed by atoms with van der Waals surface area (Å²) in [5.41, 5.74) is 5.32. The van der Waals surface area contributed by atoms with Crippen molar-refractivity contribution in [2.24, 2.45) is 0 Å². The summed E-state index contributed by atoms with van der Waals surface area (Å²) in [5.74, 6) is -0.266. The molecule has 1 aromatic heterocycles. The molecule has 1 atom stereocenters. The molecular formula is C31H28ClN3O5. The van der Waals surface area contributed by atoms with Gasteiger partial charge in [0.25, 0.3) is 0 Å². The minimum atomic E-state index is -1.18. The second kappa shape index (κ2) is 13.6. The zero-order chi connectivity index (χ0) is 28.5. The van der Waals surface area contributed by atoms with Crippen molar-refractivity contribution in [2.75, 3.05) is 6.61 Å². The van der Waals surface area contributed by atoms with Crippen molar-refractivity contribution in [3.8, 4) is 28.8 Å². The quantitative estimate of drug-likeness (QED) is 0.215. The van der Waals surface area contributed by atoms with Gasteiger partial charge in [-0.05, 0) is 53.4 Å². The molecule has 0 radical (unpaired) electrons. The van der Waals surface area contributed by atoms with Crippen LogP contribution in [0.5, 0.6) is 11.6 Å². The zero-order valence-electron chi connectivity index (χ0n) is 21.8. The third-order valence-corrected chi connectivity index (χ3v) is 6.60. The van der Waals surface area contributed by atoms with E-state index < -0.39 is 18.6 Å². The largest absolute Gasteiger partial charge is 0.487 e. The summed E-state index contributed by atoms with van der Waals surface area (Å²) >= 11 is 6.58. The van der Waals surface area contributed by atoms with E-state index in [9.17, 15) is 20.3 Å².